The monoisotopic (exact) mass is 359 g/mol. The average molecular weight is 360 g/mol. The summed E-state index contributed by atoms with van der Waals surface area (Å²) in [5, 5.41) is 0.560. The maximum Gasteiger partial charge on any atom is 0.310 e. The van der Waals surface area contributed by atoms with Crippen LogP contribution in [0.2, 0.25) is 10.0 Å². The molecule has 7 heteroatoms. The van der Waals surface area contributed by atoms with Crippen LogP contribution in [0.5, 0.6) is 5.75 Å². The number of rotatable bonds is 4. The Morgan fingerprint density at radius 2 is 1.96 bits per heavy atom. The lowest BCUT2D eigenvalue weighted by atomic mass is 9.97. The molecule has 1 heterocycles. The third-order valence-electron chi connectivity index (χ3n) is 3.78. The number of nitrogens with zero attached hydrogens (tertiary/aromatic N) is 1. The van der Waals surface area contributed by atoms with Crippen molar-refractivity contribution in [2.75, 3.05) is 26.8 Å². The van der Waals surface area contributed by atoms with E-state index in [0.717, 1.165) is 12.8 Å². The number of carbonyl (C=O) groups is 2. The van der Waals surface area contributed by atoms with Crippen molar-refractivity contribution in [2.45, 2.75) is 19.8 Å². The summed E-state index contributed by atoms with van der Waals surface area (Å²) in [7, 11) is 1.46. The lowest BCUT2D eigenvalue weighted by Gasteiger charge is -2.31. The van der Waals surface area contributed by atoms with E-state index < -0.39 is 0 Å². The molecule has 1 saturated heterocycles. The summed E-state index contributed by atoms with van der Waals surface area (Å²) >= 11 is 12.2. The average Bonchev–Trinajstić information content (AvgIpc) is 2.54. The first-order chi connectivity index (χ1) is 11.0. The largest absolute Gasteiger partial charge is 0.494 e. The number of amides is 1. The SMILES string of the molecule is CCOC(=O)[C@@H]1CCCN(C(=O)c2cc(Cl)c(OC)c(Cl)c2)C1. The molecule has 1 aromatic rings. The minimum absolute atomic E-state index is 0.203. The van der Waals surface area contributed by atoms with Gasteiger partial charge in [-0.15, -0.1) is 0 Å². The van der Waals surface area contributed by atoms with Crippen molar-refractivity contribution in [2.24, 2.45) is 5.92 Å². The molecule has 0 N–H and O–H groups in total. The van der Waals surface area contributed by atoms with Gasteiger partial charge in [0.15, 0.2) is 5.75 Å². The Bertz CT molecular complexity index is 583. The van der Waals surface area contributed by atoms with Crippen molar-refractivity contribution in [1.82, 2.24) is 4.90 Å². The number of methoxy groups -OCH3 is 1. The Balaban J connectivity index is 2.15. The second kappa shape index (κ2) is 7.88. The van der Waals surface area contributed by atoms with E-state index in [1.807, 2.05) is 0 Å². The number of piperidine rings is 1. The minimum atomic E-state index is -0.281. The molecule has 0 aromatic heterocycles. The molecule has 2 rings (SSSR count). The van der Waals surface area contributed by atoms with Crippen LogP contribution in [0.4, 0.5) is 0 Å². The second-order valence-corrected chi connectivity index (χ2v) is 6.13. The van der Waals surface area contributed by atoms with Gasteiger partial charge in [0.2, 0.25) is 0 Å². The van der Waals surface area contributed by atoms with Gasteiger partial charge >= 0.3 is 5.97 Å². The van der Waals surface area contributed by atoms with Crippen LogP contribution in [-0.2, 0) is 9.53 Å². The van der Waals surface area contributed by atoms with Gasteiger partial charge in [0.05, 0.1) is 29.7 Å². The van der Waals surface area contributed by atoms with E-state index in [-0.39, 0.29) is 27.8 Å². The van der Waals surface area contributed by atoms with Gasteiger partial charge in [0.25, 0.3) is 5.91 Å². The summed E-state index contributed by atoms with van der Waals surface area (Å²) < 4.78 is 10.1. The minimum Gasteiger partial charge on any atom is -0.494 e. The highest BCUT2D eigenvalue weighted by Gasteiger charge is 2.30. The predicted octanol–water partition coefficient (Wildman–Crippen LogP) is 3.42. The number of carbonyl (C=O) groups excluding carboxylic acids is 2. The van der Waals surface area contributed by atoms with E-state index >= 15 is 0 Å². The number of halogens is 2. The molecule has 0 unspecified atom stereocenters. The Morgan fingerprint density at radius 1 is 1.30 bits per heavy atom. The van der Waals surface area contributed by atoms with Crippen LogP contribution in [0.1, 0.15) is 30.1 Å². The maximum atomic E-state index is 12.6. The highest BCUT2D eigenvalue weighted by molar-refractivity contribution is 6.37. The number of ether oxygens (including phenoxy) is 2. The molecular weight excluding hydrogens is 341 g/mol. The Morgan fingerprint density at radius 3 is 2.52 bits per heavy atom. The van der Waals surface area contributed by atoms with Gasteiger partial charge in [-0.25, -0.2) is 0 Å². The fourth-order valence-corrected chi connectivity index (χ4v) is 3.32. The lowest BCUT2D eigenvalue weighted by Crippen LogP contribution is -2.42. The number of hydrogen-bond acceptors (Lipinski definition) is 4. The topological polar surface area (TPSA) is 55.8 Å². The Kier molecular flexibility index (Phi) is 6.13. The van der Waals surface area contributed by atoms with E-state index in [2.05, 4.69) is 0 Å². The van der Waals surface area contributed by atoms with Crippen LogP contribution in [-0.4, -0.2) is 43.6 Å². The van der Waals surface area contributed by atoms with E-state index in [1.165, 1.54) is 19.2 Å². The zero-order chi connectivity index (χ0) is 17.0. The highest BCUT2D eigenvalue weighted by atomic mass is 35.5. The first kappa shape index (κ1) is 17.9. The van der Waals surface area contributed by atoms with Gasteiger partial charge in [-0.1, -0.05) is 23.2 Å². The molecule has 23 heavy (non-hydrogen) atoms. The summed E-state index contributed by atoms with van der Waals surface area (Å²) in [6.07, 6.45) is 1.49. The second-order valence-electron chi connectivity index (χ2n) is 5.32. The summed E-state index contributed by atoms with van der Waals surface area (Å²) in [6, 6.07) is 3.06. The highest BCUT2D eigenvalue weighted by Crippen LogP contribution is 2.34. The number of esters is 1. The molecule has 0 radical (unpaired) electrons. The molecule has 126 valence electrons. The Hall–Kier alpha value is -1.46. The molecule has 1 fully saturated rings. The standard InChI is InChI=1S/C16H19Cl2NO4/c1-3-23-16(21)10-5-4-6-19(9-10)15(20)11-7-12(17)14(22-2)13(18)8-11/h7-8,10H,3-6,9H2,1-2H3/t10-/m1/s1. The van der Waals surface area contributed by atoms with Crippen LogP contribution in [0.25, 0.3) is 0 Å². The van der Waals surface area contributed by atoms with E-state index in [0.29, 0.717) is 31.0 Å². The predicted molar refractivity (Wildman–Crippen MR) is 88.3 cm³/mol. The fraction of sp³-hybridized carbons (Fsp3) is 0.500. The van der Waals surface area contributed by atoms with E-state index in [4.69, 9.17) is 32.7 Å². The molecule has 0 aliphatic carbocycles. The number of hydrogen-bond donors (Lipinski definition) is 0. The van der Waals surface area contributed by atoms with Crippen LogP contribution in [0, 0.1) is 5.92 Å². The van der Waals surface area contributed by atoms with Gasteiger partial charge in [-0.3, -0.25) is 9.59 Å². The molecule has 1 aliphatic heterocycles. The molecule has 1 aliphatic rings. The number of likely N-dealkylation sites (tertiary alicyclic amines) is 1. The Labute approximate surface area is 145 Å². The smallest absolute Gasteiger partial charge is 0.310 e. The molecule has 0 bridgehead atoms. The summed E-state index contributed by atoms with van der Waals surface area (Å²) in [4.78, 5) is 26.2. The first-order valence-corrected chi connectivity index (χ1v) is 8.22. The van der Waals surface area contributed by atoms with Crippen molar-refractivity contribution in [3.05, 3.63) is 27.7 Å². The van der Waals surface area contributed by atoms with Crippen molar-refractivity contribution < 1.29 is 19.1 Å². The number of benzene rings is 1. The normalized spacial score (nSPS) is 17.7. The summed E-state index contributed by atoms with van der Waals surface area (Å²) in [5.74, 6) is -0.397. The molecule has 1 aromatic carbocycles. The third kappa shape index (κ3) is 4.09. The van der Waals surface area contributed by atoms with Gasteiger partial charge in [0.1, 0.15) is 0 Å². The van der Waals surface area contributed by atoms with Gasteiger partial charge in [-0.2, -0.15) is 0 Å². The first-order valence-electron chi connectivity index (χ1n) is 7.46. The maximum absolute atomic E-state index is 12.6. The van der Waals surface area contributed by atoms with Crippen molar-refractivity contribution in [1.29, 1.82) is 0 Å². The lowest BCUT2D eigenvalue weighted by molar-refractivity contribution is -0.149. The zero-order valence-corrected chi connectivity index (χ0v) is 14.6. The molecule has 1 atom stereocenters. The molecule has 0 saturated carbocycles. The fourth-order valence-electron chi connectivity index (χ4n) is 2.68. The van der Waals surface area contributed by atoms with E-state index in [1.54, 1.807) is 11.8 Å². The third-order valence-corrected chi connectivity index (χ3v) is 4.34. The molecule has 5 nitrogen and oxygen atoms in total. The summed E-state index contributed by atoms with van der Waals surface area (Å²) in [5.41, 5.74) is 0.380. The van der Waals surface area contributed by atoms with Crippen molar-refractivity contribution in [3.63, 3.8) is 0 Å². The van der Waals surface area contributed by atoms with Crippen LogP contribution in [0.15, 0.2) is 12.1 Å². The van der Waals surface area contributed by atoms with Crippen LogP contribution in [0.3, 0.4) is 0 Å². The van der Waals surface area contributed by atoms with Crippen molar-refractivity contribution >= 4 is 35.1 Å². The van der Waals surface area contributed by atoms with Gasteiger partial charge in [-0.05, 0) is 31.9 Å². The molecular formula is C16H19Cl2NO4. The quantitative estimate of drug-likeness (QED) is 0.772. The molecule has 0 spiro atoms. The van der Waals surface area contributed by atoms with Gasteiger partial charge in [0, 0.05) is 18.7 Å². The molecule has 1 amide bonds. The van der Waals surface area contributed by atoms with Crippen molar-refractivity contribution in [3.8, 4) is 5.75 Å². The van der Waals surface area contributed by atoms with Gasteiger partial charge < -0.3 is 14.4 Å². The van der Waals surface area contributed by atoms with Crippen LogP contribution < -0.4 is 4.74 Å². The summed E-state index contributed by atoms with van der Waals surface area (Å²) in [6.45, 7) is 3.05. The zero-order valence-electron chi connectivity index (χ0n) is 13.1. The van der Waals surface area contributed by atoms with Crippen LogP contribution >= 0.6 is 23.2 Å². The van der Waals surface area contributed by atoms with E-state index in [9.17, 15) is 9.59 Å².